The van der Waals surface area contributed by atoms with Gasteiger partial charge in [0.05, 0.1) is 7.11 Å². The number of aromatic hydroxyl groups is 1. The third-order valence-corrected chi connectivity index (χ3v) is 7.12. The van der Waals surface area contributed by atoms with Crippen LogP contribution in [0, 0.1) is 0 Å². The molecule has 0 atom stereocenters. The molecule has 0 radical (unpaired) electrons. The second-order valence-corrected chi connectivity index (χ2v) is 11.4. The number of unbranched alkanes of at least 4 members (excludes halogenated alkanes) is 8. The average molecular weight is 595 g/mol. The first-order valence-electron chi connectivity index (χ1n) is 15.9. The molecular formula is C37H54O6. The quantitative estimate of drug-likeness (QED) is 0.0446. The van der Waals surface area contributed by atoms with Crippen LogP contribution >= 0.6 is 0 Å². The highest BCUT2D eigenvalue weighted by molar-refractivity contribution is 5.91. The maximum Gasteiger partial charge on any atom is 0.306 e. The number of ketones is 1. The van der Waals surface area contributed by atoms with E-state index in [2.05, 4.69) is 31.2 Å². The van der Waals surface area contributed by atoms with E-state index in [9.17, 15) is 19.5 Å². The Morgan fingerprint density at radius 2 is 1.53 bits per heavy atom. The molecule has 238 valence electrons. The molecule has 0 spiro atoms. The molecule has 0 bridgehead atoms. The summed E-state index contributed by atoms with van der Waals surface area (Å²) >= 11 is 0. The second-order valence-electron chi connectivity index (χ2n) is 11.4. The highest BCUT2D eigenvalue weighted by atomic mass is 16.5. The number of hydrogen-bond donors (Lipinski definition) is 1. The number of aldehydes is 1. The maximum atomic E-state index is 12.4. The van der Waals surface area contributed by atoms with E-state index in [1.165, 1.54) is 32.8 Å². The zero-order chi connectivity index (χ0) is 31.9. The smallest absolute Gasteiger partial charge is 0.306 e. The van der Waals surface area contributed by atoms with Gasteiger partial charge in [0.1, 0.15) is 18.1 Å². The molecule has 1 N–H and O–H groups in total. The van der Waals surface area contributed by atoms with Crippen LogP contribution in [-0.2, 0) is 27.4 Å². The van der Waals surface area contributed by atoms with Crippen molar-refractivity contribution in [2.24, 2.45) is 0 Å². The topological polar surface area (TPSA) is 89.9 Å². The van der Waals surface area contributed by atoms with Crippen molar-refractivity contribution in [2.75, 3.05) is 7.11 Å². The van der Waals surface area contributed by atoms with Crippen molar-refractivity contribution < 1.29 is 29.0 Å². The van der Waals surface area contributed by atoms with Gasteiger partial charge >= 0.3 is 5.97 Å². The zero-order valence-electron chi connectivity index (χ0n) is 27.2. The first-order valence-corrected chi connectivity index (χ1v) is 15.9. The fourth-order valence-electron chi connectivity index (χ4n) is 4.69. The summed E-state index contributed by atoms with van der Waals surface area (Å²) < 4.78 is 10.8. The first-order chi connectivity index (χ1) is 20.7. The van der Waals surface area contributed by atoms with Gasteiger partial charge in [0.15, 0.2) is 12.1 Å². The summed E-state index contributed by atoms with van der Waals surface area (Å²) in [5.74, 6) is -0.115. The van der Waals surface area contributed by atoms with Crippen molar-refractivity contribution in [1.29, 1.82) is 0 Å². The number of phenols is 1. The molecule has 0 saturated carbocycles. The summed E-state index contributed by atoms with van der Waals surface area (Å²) in [5, 5.41) is 11.0. The highest BCUT2D eigenvalue weighted by Crippen LogP contribution is 2.35. The number of esters is 1. The zero-order valence-corrected chi connectivity index (χ0v) is 27.2. The van der Waals surface area contributed by atoms with Crippen LogP contribution in [0.4, 0.5) is 0 Å². The highest BCUT2D eigenvalue weighted by Gasteiger charge is 2.19. The van der Waals surface area contributed by atoms with E-state index in [-0.39, 0.29) is 41.7 Å². The molecular weight excluding hydrogens is 540 g/mol. The lowest BCUT2D eigenvalue weighted by atomic mass is 9.98. The van der Waals surface area contributed by atoms with Crippen LogP contribution in [0.25, 0.3) is 0 Å². The fraction of sp³-hybridized carbons (Fsp3) is 0.541. The Hall–Kier alpha value is -3.41. The molecule has 0 heterocycles. The largest absolute Gasteiger partial charge is 0.507 e. The van der Waals surface area contributed by atoms with Crippen LogP contribution in [0.15, 0.2) is 53.7 Å². The number of phenolic OH excluding ortho intramolecular Hbond substituents is 1. The molecule has 0 unspecified atom stereocenters. The van der Waals surface area contributed by atoms with E-state index in [0.29, 0.717) is 30.4 Å². The number of rotatable bonds is 23. The van der Waals surface area contributed by atoms with Gasteiger partial charge < -0.3 is 14.6 Å². The number of allylic oxidation sites excluding steroid dienone is 8. The number of benzene rings is 1. The molecule has 0 aliphatic heterocycles. The number of carbonyl (C=O) groups excluding carboxylic acids is 3. The summed E-state index contributed by atoms with van der Waals surface area (Å²) in [6.45, 7) is 7.63. The molecule has 1 aromatic carbocycles. The van der Waals surface area contributed by atoms with Crippen LogP contribution in [0.5, 0.6) is 11.5 Å². The number of ether oxygens (including phenoxy) is 2. The third-order valence-electron chi connectivity index (χ3n) is 7.12. The van der Waals surface area contributed by atoms with E-state index in [4.69, 9.17) is 9.47 Å². The minimum Gasteiger partial charge on any atom is -0.507 e. The van der Waals surface area contributed by atoms with Gasteiger partial charge in [-0.15, -0.1) is 0 Å². The Morgan fingerprint density at radius 3 is 2.16 bits per heavy atom. The first kappa shape index (κ1) is 37.6. The summed E-state index contributed by atoms with van der Waals surface area (Å²) in [6.07, 6.45) is 26.2. The van der Waals surface area contributed by atoms with E-state index in [1.807, 2.05) is 26.8 Å². The monoisotopic (exact) mass is 594 g/mol. The molecule has 0 aromatic heterocycles. The molecule has 0 aliphatic carbocycles. The Labute approximate surface area is 259 Å². The molecule has 6 heteroatoms. The van der Waals surface area contributed by atoms with E-state index in [1.54, 1.807) is 12.1 Å². The lowest BCUT2D eigenvalue weighted by molar-refractivity contribution is -0.145. The molecule has 1 rings (SSSR count). The summed E-state index contributed by atoms with van der Waals surface area (Å²) in [5.41, 5.74) is 2.74. The average Bonchev–Trinajstić information content (AvgIpc) is 2.96. The molecule has 0 amide bonds. The molecule has 0 saturated heterocycles. The Balaban J connectivity index is 2.50. The minimum atomic E-state index is -0.354. The van der Waals surface area contributed by atoms with Gasteiger partial charge in [-0.3, -0.25) is 14.4 Å². The van der Waals surface area contributed by atoms with Crippen molar-refractivity contribution in [3.8, 4) is 11.5 Å². The molecule has 0 fully saturated rings. The molecule has 0 aliphatic rings. The van der Waals surface area contributed by atoms with Crippen LogP contribution in [0.2, 0.25) is 0 Å². The third kappa shape index (κ3) is 16.7. The number of hydrogen-bond acceptors (Lipinski definition) is 6. The standard InChI is InChI=1S/C37H54O6/c1-6-7-8-9-10-11-12-13-14-15-16-17-18-19-20-21-36(40)43-28-34-31(27-38)26-35(42-5)33(37(34)41)23-22-30(4)25-32(39)24-29(2)3/h10-11,13-14,22,24,26-27,41H,6-9,12,15-21,23,25,28H2,1-5H3/b11-10-,14-13-,30-22+. The summed E-state index contributed by atoms with van der Waals surface area (Å²) in [6, 6.07) is 1.54. The van der Waals surface area contributed by atoms with Gasteiger partial charge in [-0.25, -0.2) is 0 Å². The molecule has 1 aromatic rings. The van der Waals surface area contributed by atoms with Crippen molar-refractivity contribution in [2.45, 2.75) is 124 Å². The van der Waals surface area contributed by atoms with Gasteiger partial charge in [0, 0.05) is 29.5 Å². The summed E-state index contributed by atoms with van der Waals surface area (Å²) in [4.78, 5) is 36.2. The number of methoxy groups -OCH3 is 1. The Kier molecular flexibility index (Phi) is 20.2. The van der Waals surface area contributed by atoms with E-state index < -0.39 is 0 Å². The van der Waals surface area contributed by atoms with Crippen LogP contribution < -0.4 is 4.74 Å². The van der Waals surface area contributed by atoms with Crippen LogP contribution in [-0.4, -0.2) is 30.3 Å². The number of carbonyl (C=O) groups is 3. The SMILES string of the molecule is CCCCC/C=C\C/C=C\CCCCCCCC(=O)OCc1c(C=O)cc(OC)c(C/C=C(\C)CC(=O)C=C(C)C)c1O. The predicted molar refractivity (Wildman–Crippen MR) is 176 cm³/mol. The second kappa shape index (κ2) is 23.1. The summed E-state index contributed by atoms with van der Waals surface area (Å²) in [7, 11) is 1.47. The van der Waals surface area contributed by atoms with Crippen molar-refractivity contribution in [3.63, 3.8) is 0 Å². The lowest BCUT2D eigenvalue weighted by Crippen LogP contribution is -2.08. The van der Waals surface area contributed by atoms with E-state index in [0.717, 1.165) is 56.1 Å². The maximum absolute atomic E-state index is 12.4. The van der Waals surface area contributed by atoms with Crippen LogP contribution in [0.3, 0.4) is 0 Å². The lowest BCUT2D eigenvalue weighted by Gasteiger charge is -2.16. The van der Waals surface area contributed by atoms with E-state index >= 15 is 0 Å². The van der Waals surface area contributed by atoms with Crippen molar-refractivity contribution >= 4 is 18.0 Å². The van der Waals surface area contributed by atoms with Crippen molar-refractivity contribution in [3.05, 3.63) is 70.4 Å². The van der Waals surface area contributed by atoms with Gasteiger partial charge in [0.2, 0.25) is 0 Å². The Morgan fingerprint density at radius 1 is 0.884 bits per heavy atom. The van der Waals surface area contributed by atoms with Gasteiger partial charge in [-0.05, 0) is 77.9 Å². The van der Waals surface area contributed by atoms with Gasteiger partial charge in [0.25, 0.3) is 0 Å². The normalized spacial score (nSPS) is 11.7. The van der Waals surface area contributed by atoms with Gasteiger partial charge in [-0.2, -0.15) is 0 Å². The Bertz CT molecular complexity index is 1120. The van der Waals surface area contributed by atoms with Gasteiger partial charge in [-0.1, -0.05) is 80.6 Å². The fourth-order valence-corrected chi connectivity index (χ4v) is 4.69. The predicted octanol–water partition coefficient (Wildman–Crippen LogP) is 9.48. The van der Waals surface area contributed by atoms with Crippen molar-refractivity contribution in [1.82, 2.24) is 0 Å². The molecule has 43 heavy (non-hydrogen) atoms. The molecule has 6 nitrogen and oxygen atoms in total. The van der Waals surface area contributed by atoms with Crippen LogP contribution in [0.1, 0.15) is 133 Å². The minimum absolute atomic E-state index is 0.0120.